The molecule has 1 aromatic carbocycles. The average molecular weight is 310 g/mol. The van der Waals surface area contributed by atoms with E-state index < -0.39 is 5.82 Å². The van der Waals surface area contributed by atoms with Crippen molar-refractivity contribution in [3.63, 3.8) is 0 Å². The standard InChI is InChI=1S/C15H17ClFN3O/c1-15(2,3)14-19-12(16)8-13(20-14)18-9-5-6-10(17)11(7-9)21-4/h5-8H,1-4H3,(H,18,19,20). The van der Waals surface area contributed by atoms with E-state index in [9.17, 15) is 4.39 Å². The lowest BCUT2D eigenvalue weighted by atomic mass is 9.96. The Hall–Kier alpha value is -1.88. The first kappa shape index (κ1) is 15.5. The lowest BCUT2D eigenvalue weighted by molar-refractivity contribution is 0.387. The molecule has 1 N–H and O–H groups in total. The zero-order chi connectivity index (χ0) is 15.6. The number of ether oxygens (including phenoxy) is 1. The van der Waals surface area contributed by atoms with Gasteiger partial charge in [0.25, 0.3) is 0 Å². The summed E-state index contributed by atoms with van der Waals surface area (Å²) in [6.45, 7) is 6.01. The Morgan fingerprint density at radius 1 is 1.19 bits per heavy atom. The van der Waals surface area contributed by atoms with Crippen molar-refractivity contribution in [2.24, 2.45) is 0 Å². The fourth-order valence-electron chi connectivity index (χ4n) is 1.70. The Labute approximate surface area is 128 Å². The Morgan fingerprint density at radius 3 is 2.52 bits per heavy atom. The van der Waals surface area contributed by atoms with E-state index in [1.54, 1.807) is 18.2 Å². The van der Waals surface area contributed by atoms with E-state index in [1.807, 2.05) is 20.8 Å². The Bertz CT molecular complexity index is 656. The van der Waals surface area contributed by atoms with Crippen LogP contribution in [0.15, 0.2) is 24.3 Å². The molecule has 1 heterocycles. The topological polar surface area (TPSA) is 47.0 Å². The first-order chi connectivity index (χ1) is 9.79. The molecule has 0 amide bonds. The highest BCUT2D eigenvalue weighted by Gasteiger charge is 2.19. The second kappa shape index (κ2) is 5.85. The summed E-state index contributed by atoms with van der Waals surface area (Å²) < 4.78 is 18.3. The molecular weight excluding hydrogens is 293 g/mol. The van der Waals surface area contributed by atoms with Crippen molar-refractivity contribution in [1.82, 2.24) is 9.97 Å². The fraction of sp³-hybridized carbons (Fsp3) is 0.333. The van der Waals surface area contributed by atoms with Crippen LogP contribution in [0.4, 0.5) is 15.9 Å². The third-order valence-electron chi connectivity index (χ3n) is 2.79. The maximum Gasteiger partial charge on any atom is 0.165 e. The van der Waals surface area contributed by atoms with Crippen molar-refractivity contribution in [2.45, 2.75) is 26.2 Å². The first-order valence-electron chi connectivity index (χ1n) is 6.45. The van der Waals surface area contributed by atoms with Crippen LogP contribution < -0.4 is 10.1 Å². The minimum absolute atomic E-state index is 0.163. The third-order valence-corrected chi connectivity index (χ3v) is 2.98. The molecule has 2 aromatic rings. The van der Waals surface area contributed by atoms with Crippen LogP contribution in [0.3, 0.4) is 0 Å². The maximum absolute atomic E-state index is 13.4. The molecule has 2 rings (SSSR count). The van der Waals surface area contributed by atoms with Crippen LogP contribution in [0.5, 0.6) is 5.75 Å². The summed E-state index contributed by atoms with van der Waals surface area (Å²) in [6, 6.07) is 6.11. The van der Waals surface area contributed by atoms with Crippen LogP contribution in [0, 0.1) is 5.82 Å². The highest BCUT2D eigenvalue weighted by Crippen LogP contribution is 2.26. The number of nitrogens with zero attached hydrogens (tertiary/aromatic N) is 2. The van der Waals surface area contributed by atoms with E-state index >= 15 is 0 Å². The second-order valence-electron chi connectivity index (χ2n) is 5.62. The van der Waals surface area contributed by atoms with Crippen LogP contribution >= 0.6 is 11.6 Å². The van der Waals surface area contributed by atoms with E-state index in [0.29, 0.717) is 22.5 Å². The Morgan fingerprint density at radius 2 is 1.90 bits per heavy atom. The SMILES string of the molecule is COc1cc(Nc2cc(Cl)nc(C(C)(C)C)n2)ccc1F. The van der Waals surface area contributed by atoms with E-state index in [-0.39, 0.29) is 11.2 Å². The lowest BCUT2D eigenvalue weighted by Gasteiger charge is -2.18. The number of anilines is 2. The predicted octanol–water partition coefficient (Wildman–Crippen LogP) is 4.32. The lowest BCUT2D eigenvalue weighted by Crippen LogP contribution is -2.16. The fourth-order valence-corrected chi connectivity index (χ4v) is 1.89. The monoisotopic (exact) mass is 309 g/mol. The second-order valence-corrected chi connectivity index (χ2v) is 6.01. The van der Waals surface area contributed by atoms with Gasteiger partial charge in [-0.3, -0.25) is 0 Å². The minimum Gasteiger partial charge on any atom is -0.494 e. The summed E-state index contributed by atoms with van der Waals surface area (Å²) in [5.41, 5.74) is 0.435. The Kier molecular flexibility index (Phi) is 4.32. The van der Waals surface area contributed by atoms with E-state index in [2.05, 4.69) is 15.3 Å². The van der Waals surface area contributed by atoms with Crippen LogP contribution in [-0.2, 0) is 5.41 Å². The molecule has 0 bridgehead atoms. The zero-order valence-electron chi connectivity index (χ0n) is 12.4. The van der Waals surface area contributed by atoms with Gasteiger partial charge in [-0.15, -0.1) is 0 Å². The number of hydrogen-bond donors (Lipinski definition) is 1. The van der Waals surface area contributed by atoms with Gasteiger partial charge >= 0.3 is 0 Å². The van der Waals surface area contributed by atoms with Gasteiger partial charge in [-0.1, -0.05) is 32.4 Å². The molecule has 0 fully saturated rings. The number of aromatic nitrogens is 2. The average Bonchev–Trinajstić information content (AvgIpc) is 2.39. The summed E-state index contributed by atoms with van der Waals surface area (Å²) in [7, 11) is 1.42. The van der Waals surface area contributed by atoms with Crippen molar-refractivity contribution in [1.29, 1.82) is 0 Å². The molecule has 0 unspecified atom stereocenters. The summed E-state index contributed by atoms with van der Waals surface area (Å²) in [5.74, 6) is 0.926. The molecule has 0 aliphatic carbocycles. The summed E-state index contributed by atoms with van der Waals surface area (Å²) >= 11 is 6.03. The van der Waals surface area contributed by atoms with Crippen molar-refractivity contribution >= 4 is 23.1 Å². The van der Waals surface area contributed by atoms with Crippen LogP contribution in [0.1, 0.15) is 26.6 Å². The first-order valence-corrected chi connectivity index (χ1v) is 6.83. The largest absolute Gasteiger partial charge is 0.494 e. The summed E-state index contributed by atoms with van der Waals surface area (Å²) in [5, 5.41) is 3.43. The van der Waals surface area contributed by atoms with Crippen molar-refractivity contribution in [3.8, 4) is 5.75 Å². The van der Waals surface area contributed by atoms with Gasteiger partial charge in [0.2, 0.25) is 0 Å². The number of methoxy groups -OCH3 is 1. The van der Waals surface area contributed by atoms with Gasteiger partial charge in [-0.25, -0.2) is 14.4 Å². The third kappa shape index (κ3) is 3.82. The van der Waals surface area contributed by atoms with E-state index in [0.717, 1.165) is 0 Å². The Balaban J connectivity index is 2.33. The quantitative estimate of drug-likeness (QED) is 0.858. The molecule has 0 aliphatic rings. The normalized spacial score (nSPS) is 11.3. The van der Waals surface area contributed by atoms with Crippen molar-refractivity contribution in [3.05, 3.63) is 41.1 Å². The van der Waals surface area contributed by atoms with Gasteiger partial charge in [0.1, 0.15) is 16.8 Å². The van der Waals surface area contributed by atoms with Gasteiger partial charge < -0.3 is 10.1 Å². The molecular formula is C15H17ClFN3O. The molecule has 0 saturated heterocycles. The van der Waals surface area contributed by atoms with Crippen molar-refractivity contribution < 1.29 is 9.13 Å². The maximum atomic E-state index is 13.4. The number of rotatable bonds is 3. The molecule has 6 heteroatoms. The van der Waals surface area contributed by atoms with Crippen LogP contribution in [0.2, 0.25) is 5.15 Å². The molecule has 4 nitrogen and oxygen atoms in total. The molecule has 0 spiro atoms. The highest BCUT2D eigenvalue weighted by molar-refractivity contribution is 6.29. The molecule has 0 saturated carbocycles. The van der Waals surface area contributed by atoms with Gasteiger partial charge in [0.05, 0.1) is 7.11 Å². The van der Waals surface area contributed by atoms with Crippen LogP contribution in [-0.4, -0.2) is 17.1 Å². The van der Waals surface area contributed by atoms with Gasteiger partial charge in [0.15, 0.2) is 11.6 Å². The molecule has 1 aromatic heterocycles. The molecule has 112 valence electrons. The van der Waals surface area contributed by atoms with Gasteiger partial charge in [0, 0.05) is 23.2 Å². The summed E-state index contributed by atoms with van der Waals surface area (Å²) in [6.07, 6.45) is 0. The van der Waals surface area contributed by atoms with E-state index in [1.165, 1.54) is 13.2 Å². The van der Waals surface area contributed by atoms with Gasteiger partial charge in [-0.2, -0.15) is 0 Å². The number of benzene rings is 1. The summed E-state index contributed by atoms with van der Waals surface area (Å²) in [4.78, 5) is 8.66. The van der Waals surface area contributed by atoms with Crippen LogP contribution in [0.25, 0.3) is 0 Å². The number of nitrogens with one attached hydrogen (secondary N) is 1. The molecule has 21 heavy (non-hydrogen) atoms. The smallest absolute Gasteiger partial charge is 0.165 e. The predicted molar refractivity (Wildman–Crippen MR) is 82.0 cm³/mol. The zero-order valence-corrected chi connectivity index (χ0v) is 13.1. The van der Waals surface area contributed by atoms with Gasteiger partial charge in [-0.05, 0) is 12.1 Å². The molecule has 0 atom stereocenters. The molecule has 0 aliphatic heterocycles. The minimum atomic E-state index is -0.417. The van der Waals surface area contributed by atoms with E-state index in [4.69, 9.17) is 16.3 Å². The highest BCUT2D eigenvalue weighted by atomic mass is 35.5. The number of halogens is 2. The molecule has 0 radical (unpaired) electrons. The number of hydrogen-bond acceptors (Lipinski definition) is 4. The van der Waals surface area contributed by atoms with Crippen molar-refractivity contribution in [2.75, 3.05) is 12.4 Å².